The summed E-state index contributed by atoms with van der Waals surface area (Å²) < 4.78 is 57.2. The first-order valence-corrected chi connectivity index (χ1v) is 15.0. The molecular weight excluding hydrogens is 590 g/mol. The lowest BCUT2D eigenvalue weighted by Crippen LogP contribution is -2.54. The third kappa shape index (κ3) is 5.02. The molecule has 5 rings (SSSR count). The molecule has 1 aromatic carbocycles. The summed E-state index contributed by atoms with van der Waals surface area (Å²) in [5.41, 5.74) is -1.86. The van der Waals surface area contributed by atoms with Gasteiger partial charge in [0.2, 0.25) is 5.91 Å². The van der Waals surface area contributed by atoms with Crippen LogP contribution >= 0.6 is 11.6 Å². The maximum atomic E-state index is 15.8. The Morgan fingerprint density at radius 2 is 1.90 bits per heavy atom. The summed E-state index contributed by atoms with van der Waals surface area (Å²) in [6, 6.07) is 5.77. The zero-order valence-electron chi connectivity index (χ0n) is 22.8. The smallest absolute Gasteiger partial charge is 0.350 e. The molecule has 0 saturated carbocycles. The van der Waals surface area contributed by atoms with E-state index in [1.165, 1.54) is 37.4 Å². The third-order valence-electron chi connectivity index (χ3n) is 7.08. The molecule has 0 unspecified atom stereocenters. The monoisotopic (exact) mass is 614 g/mol. The van der Waals surface area contributed by atoms with Crippen LogP contribution in [0.25, 0.3) is 28.0 Å². The van der Waals surface area contributed by atoms with Crippen LogP contribution in [-0.4, -0.2) is 70.7 Å². The summed E-state index contributed by atoms with van der Waals surface area (Å²) in [5.74, 6) is -1.97. The number of aromatic nitrogens is 4. The molecule has 42 heavy (non-hydrogen) atoms. The zero-order chi connectivity index (χ0) is 30.5. The van der Waals surface area contributed by atoms with E-state index in [0.717, 1.165) is 23.0 Å². The van der Waals surface area contributed by atoms with Crippen molar-refractivity contribution < 1.29 is 22.0 Å². The minimum Gasteiger partial charge on any atom is -0.350 e. The fourth-order valence-corrected chi connectivity index (χ4v) is 6.28. The SMILES string of the molecule is C=CC(=O)N1CCN(c2nc(=O)n(-c3c(S(C)(=O)=O)ccnc3C)c3nc(-c4c(F)cccc4Cl)c(F)cc23)[C@@H](C)C1. The van der Waals surface area contributed by atoms with Crippen molar-refractivity contribution in [2.75, 3.05) is 30.8 Å². The first kappa shape index (κ1) is 29.3. The molecule has 1 aliphatic heterocycles. The van der Waals surface area contributed by atoms with Crippen LogP contribution in [0, 0.1) is 18.6 Å². The Kier molecular flexibility index (Phi) is 7.58. The number of hydrogen-bond donors (Lipinski definition) is 0. The minimum atomic E-state index is -3.90. The van der Waals surface area contributed by atoms with Gasteiger partial charge in [-0.15, -0.1) is 0 Å². The fraction of sp³-hybridized carbons (Fsp3) is 0.250. The lowest BCUT2D eigenvalue weighted by atomic mass is 10.1. The fourth-order valence-electron chi connectivity index (χ4n) is 5.13. The Hall–Kier alpha value is -4.23. The summed E-state index contributed by atoms with van der Waals surface area (Å²) >= 11 is 6.24. The number of rotatable bonds is 5. The van der Waals surface area contributed by atoms with Gasteiger partial charge in [-0.2, -0.15) is 4.98 Å². The highest BCUT2D eigenvalue weighted by atomic mass is 35.5. The van der Waals surface area contributed by atoms with Gasteiger partial charge >= 0.3 is 5.69 Å². The first-order valence-electron chi connectivity index (χ1n) is 12.7. The molecule has 14 heteroatoms. The Bertz CT molecular complexity index is 1930. The van der Waals surface area contributed by atoms with Gasteiger partial charge in [-0.3, -0.25) is 9.78 Å². The Morgan fingerprint density at radius 3 is 2.55 bits per heavy atom. The number of hydrogen-bond acceptors (Lipinski definition) is 8. The topological polar surface area (TPSA) is 118 Å². The molecular formula is C28H25ClF2N6O4S. The van der Waals surface area contributed by atoms with Crippen LogP contribution in [0.5, 0.6) is 0 Å². The Labute approximate surface area is 244 Å². The highest BCUT2D eigenvalue weighted by Gasteiger charge is 2.31. The number of sulfone groups is 1. The third-order valence-corrected chi connectivity index (χ3v) is 8.52. The standard InChI is InChI=1S/C28H25ClF2N6O4S/c1-5-22(38)35-11-12-36(15(2)14-35)26-17-13-20(31)24(23-18(29)7-6-8-19(23)30)33-27(17)37(28(39)34-26)25-16(3)32-10-9-21(25)42(4,40)41/h5-10,13,15H,1,11-12,14H2,2-4H3/t15-/m0/s1. The maximum Gasteiger partial charge on any atom is 0.355 e. The van der Waals surface area contributed by atoms with Crippen molar-refractivity contribution >= 4 is 44.2 Å². The number of aryl methyl sites for hydroxylation is 1. The van der Waals surface area contributed by atoms with Gasteiger partial charge in [0, 0.05) is 38.1 Å². The number of carbonyl (C=O) groups excluding carboxylic acids is 1. The Morgan fingerprint density at radius 1 is 1.17 bits per heavy atom. The quantitative estimate of drug-likeness (QED) is 0.312. The molecule has 1 aliphatic rings. The number of carbonyl (C=O) groups is 1. The van der Waals surface area contributed by atoms with E-state index in [9.17, 15) is 22.4 Å². The van der Waals surface area contributed by atoms with Gasteiger partial charge in [-0.25, -0.2) is 31.5 Å². The molecule has 0 aliphatic carbocycles. The van der Waals surface area contributed by atoms with Crippen LogP contribution in [0.3, 0.4) is 0 Å². The van der Waals surface area contributed by atoms with E-state index in [1.54, 1.807) is 9.80 Å². The van der Waals surface area contributed by atoms with E-state index in [4.69, 9.17) is 11.6 Å². The van der Waals surface area contributed by atoms with Crippen LogP contribution in [-0.2, 0) is 14.6 Å². The van der Waals surface area contributed by atoms with Crippen LogP contribution < -0.4 is 10.6 Å². The highest BCUT2D eigenvalue weighted by Crippen LogP contribution is 2.36. The lowest BCUT2D eigenvalue weighted by Gasteiger charge is -2.40. The normalized spacial score (nSPS) is 15.7. The van der Waals surface area contributed by atoms with E-state index in [-0.39, 0.29) is 75.3 Å². The van der Waals surface area contributed by atoms with Crippen molar-refractivity contribution in [1.29, 1.82) is 0 Å². The number of amides is 1. The number of fused-ring (bicyclic) bond motifs is 1. The van der Waals surface area contributed by atoms with Crippen LogP contribution in [0.1, 0.15) is 12.6 Å². The minimum absolute atomic E-state index is 0.0568. The molecule has 0 spiro atoms. The second-order valence-electron chi connectivity index (χ2n) is 9.89. The van der Waals surface area contributed by atoms with Gasteiger partial charge in [0.15, 0.2) is 21.3 Å². The number of pyridine rings is 2. The number of nitrogens with zero attached hydrogens (tertiary/aromatic N) is 6. The summed E-state index contributed by atoms with van der Waals surface area (Å²) in [6.07, 6.45) is 3.47. The molecule has 1 fully saturated rings. The van der Waals surface area contributed by atoms with E-state index in [0.29, 0.717) is 0 Å². The van der Waals surface area contributed by atoms with Gasteiger partial charge in [0.1, 0.15) is 17.3 Å². The number of benzene rings is 1. The van der Waals surface area contributed by atoms with Crippen LogP contribution in [0.2, 0.25) is 5.02 Å². The van der Waals surface area contributed by atoms with Gasteiger partial charge in [-0.1, -0.05) is 24.2 Å². The zero-order valence-corrected chi connectivity index (χ0v) is 24.4. The van der Waals surface area contributed by atoms with Gasteiger partial charge in [-0.05, 0) is 44.2 Å². The summed E-state index contributed by atoms with van der Waals surface area (Å²) in [7, 11) is -3.90. The van der Waals surface area contributed by atoms with Crippen LogP contribution in [0.4, 0.5) is 14.6 Å². The molecule has 4 aromatic rings. The van der Waals surface area contributed by atoms with Gasteiger partial charge in [0.25, 0.3) is 0 Å². The van der Waals surface area contributed by atoms with Crippen molar-refractivity contribution in [2.45, 2.75) is 24.8 Å². The average Bonchev–Trinajstić information content (AvgIpc) is 2.92. The van der Waals surface area contributed by atoms with Crippen molar-refractivity contribution in [3.63, 3.8) is 0 Å². The first-order chi connectivity index (χ1) is 19.8. The number of anilines is 1. The highest BCUT2D eigenvalue weighted by molar-refractivity contribution is 7.90. The molecule has 3 aromatic heterocycles. The van der Waals surface area contributed by atoms with E-state index < -0.39 is 32.9 Å². The number of halogens is 3. The molecule has 1 saturated heterocycles. The molecule has 218 valence electrons. The van der Waals surface area contributed by atoms with Crippen LogP contribution in [0.15, 0.2) is 58.9 Å². The molecule has 1 atom stereocenters. The summed E-state index contributed by atoms with van der Waals surface area (Å²) in [6.45, 7) is 7.64. The summed E-state index contributed by atoms with van der Waals surface area (Å²) in [5, 5.41) is -0.0590. The molecule has 1 amide bonds. The van der Waals surface area contributed by atoms with Crippen molar-refractivity contribution in [2.24, 2.45) is 0 Å². The second kappa shape index (κ2) is 10.9. The van der Waals surface area contributed by atoms with Crippen molar-refractivity contribution in [3.05, 3.63) is 82.0 Å². The largest absolute Gasteiger partial charge is 0.355 e. The molecule has 0 bridgehead atoms. The lowest BCUT2D eigenvalue weighted by molar-refractivity contribution is -0.126. The predicted molar refractivity (Wildman–Crippen MR) is 155 cm³/mol. The van der Waals surface area contributed by atoms with E-state index in [1.807, 2.05) is 6.92 Å². The average molecular weight is 615 g/mol. The van der Waals surface area contributed by atoms with Gasteiger partial charge < -0.3 is 9.80 Å². The van der Waals surface area contributed by atoms with Crippen molar-refractivity contribution in [1.82, 2.24) is 24.4 Å². The van der Waals surface area contributed by atoms with Gasteiger partial charge in [0.05, 0.1) is 32.2 Å². The van der Waals surface area contributed by atoms with E-state index >= 15 is 4.39 Å². The molecule has 0 radical (unpaired) electrons. The van der Waals surface area contributed by atoms with E-state index in [2.05, 4.69) is 21.5 Å². The molecule has 4 heterocycles. The summed E-state index contributed by atoms with van der Waals surface area (Å²) in [4.78, 5) is 42.0. The maximum absolute atomic E-state index is 15.8. The van der Waals surface area contributed by atoms with Crippen molar-refractivity contribution in [3.8, 4) is 16.9 Å². The molecule has 10 nitrogen and oxygen atoms in total. The second-order valence-corrected chi connectivity index (χ2v) is 12.3. The number of piperazine rings is 1. The Balaban J connectivity index is 1.86. The predicted octanol–water partition coefficient (Wildman–Crippen LogP) is 3.71. The molecule has 0 N–H and O–H groups in total.